The first-order valence-corrected chi connectivity index (χ1v) is 6.19. The Morgan fingerprint density at radius 2 is 1.83 bits per heavy atom. The van der Waals surface area contributed by atoms with Gasteiger partial charge in [-0.3, -0.25) is 4.79 Å². The van der Waals surface area contributed by atoms with Gasteiger partial charge in [0.15, 0.2) is 0 Å². The number of aryl methyl sites for hydroxylation is 1. The highest BCUT2D eigenvalue weighted by atomic mass is 16.2. The predicted molar refractivity (Wildman–Crippen MR) is 70.4 cm³/mol. The zero-order chi connectivity index (χ0) is 13.3. The van der Waals surface area contributed by atoms with Crippen LogP contribution in [0.4, 0.5) is 10.5 Å². The number of anilines is 1. The van der Waals surface area contributed by atoms with E-state index in [1.54, 1.807) is 12.1 Å². The molecule has 4 heteroatoms. The van der Waals surface area contributed by atoms with Gasteiger partial charge in [-0.05, 0) is 25.0 Å². The first-order chi connectivity index (χ1) is 8.50. The normalized spacial score (nSPS) is 20.2. The van der Waals surface area contributed by atoms with Crippen LogP contribution >= 0.6 is 0 Å². The molecular weight excluding hydrogens is 228 g/mol. The second kappa shape index (κ2) is 4.80. The maximum absolute atomic E-state index is 12.3. The predicted octanol–water partition coefficient (Wildman–Crippen LogP) is 2.32. The number of hydrogen-bond acceptors (Lipinski definition) is 2. The Bertz CT molecular complexity index is 465. The van der Waals surface area contributed by atoms with E-state index in [4.69, 9.17) is 0 Å². The van der Waals surface area contributed by atoms with Crippen LogP contribution in [0.15, 0.2) is 24.3 Å². The lowest BCUT2D eigenvalue weighted by atomic mass is 9.92. The van der Waals surface area contributed by atoms with Crippen LogP contribution in [-0.4, -0.2) is 18.5 Å². The van der Waals surface area contributed by atoms with E-state index >= 15 is 0 Å². The van der Waals surface area contributed by atoms with Gasteiger partial charge >= 0.3 is 6.03 Å². The van der Waals surface area contributed by atoms with Crippen LogP contribution in [-0.2, 0) is 4.79 Å². The molecule has 1 unspecified atom stereocenters. The third-order valence-corrected chi connectivity index (χ3v) is 3.31. The summed E-state index contributed by atoms with van der Waals surface area (Å²) in [6.07, 6.45) is 0. The molecule has 1 atom stereocenters. The minimum atomic E-state index is -0.333. The van der Waals surface area contributed by atoms with Gasteiger partial charge < -0.3 is 5.32 Å². The molecule has 0 spiro atoms. The Balaban J connectivity index is 2.31. The van der Waals surface area contributed by atoms with E-state index in [9.17, 15) is 9.59 Å². The molecule has 0 saturated carbocycles. The van der Waals surface area contributed by atoms with E-state index in [1.165, 1.54) is 4.90 Å². The molecule has 2 rings (SSSR count). The first kappa shape index (κ1) is 12.6. The van der Waals surface area contributed by atoms with Crippen molar-refractivity contribution in [1.82, 2.24) is 5.32 Å². The lowest BCUT2D eigenvalue weighted by molar-refractivity contribution is -0.123. The van der Waals surface area contributed by atoms with Crippen molar-refractivity contribution in [2.75, 3.05) is 11.4 Å². The fourth-order valence-electron chi connectivity index (χ4n) is 2.09. The monoisotopic (exact) mass is 246 g/mol. The minimum Gasteiger partial charge on any atom is -0.337 e. The van der Waals surface area contributed by atoms with Crippen molar-refractivity contribution in [2.24, 2.45) is 11.8 Å². The fraction of sp³-hybridized carbons (Fsp3) is 0.429. The van der Waals surface area contributed by atoms with Crippen LogP contribution in [0.1, 0.15) is 19.4 Å². The number of urea groups is 1. The van der Waals surface area contributed by atoms with Crippen molar-refractivity contribution in [2.45, 2.75) is 20.8 Å². The fourth-order valence-corrected chi connectivity index (χ4v) is 2.09. The van der Waals surface area contributed by atoms with E-state index < -0.39 is 0 Å². The third-order valence-electron chi connectivity index (χ3n) is 3.31. The van der Waals surface area contributed by atoms with Gasteiger partial charge in [-0.2, -0.15) is 0 Å². The molecule has 1 aliphatic rings. The SMILES string of the molecule is Cc1ccc(N2C(=O)NCC(C(C)C)C2=O)cc1. The van der Waals surface area contributed by atoms with E-state index in [1.807, 2.05) is 32.9 Å². The molecule has 0 aliphatic carbocycles. The molecule has 1 aliphatic heterocycles. The molecule has 18 heavy (non-hydrogen) atoms. The van der Waals surface area contributed by atoms with Gasteiger partial charge in [0, 0.05) is 6.54 Å². The summed E-state index contributed by atoms with van der Waals surface area (Å²) >= 11 is 0. The van der Waals surface area contributed by atoms with Crippen molar-refractivity contribution in [3.05, 3.63) is 29.8 Å². The summed E-state index contributed by atoms with van der Waals surface area (Å²) in [5, 5.41) is 2.77. The largest absolute Gasteiger partial charge is 0.337 e. The van der Waals surface area contributed by atoms with Crippen LogP contribution in [0.3, 0.4) is 0 Å². The Labute approximate surface area is 107 Å². The molecule has 1 fully saturated rings. The number of rotatable bonds is 2. The standard InChI is InChI=1S/C14H18N2O2/c1-9(2)12-8-15-14(18)16(13(12)17)11-6-4-10(3)5-7-11/h4-7,9,12H,8H2,1-3H3,(H,15,18). The maximum atomic E-state index is 12.3. The van der Waals surface area contributed by atoms with Gasteiger partial charge in [0.1, 0.15) is 0 Å². The van der Waals surface area contributed by atoms with E-state index in [0.717, 1.165) is 5.56 Å². The summed E-state index contributed by atoms with van der Waals surface area (Å²) in [5.74, 6) is -0.0485. The molecule has 1 aromatic rings. The molecule has 0 aromatic heterocycles. The Hall–Kier alpha value is -1.84. The highest BCUT2D eigenvalue weighted by Crippen LogP contribution is 2.23. The highest BCUT2D eigenvalue weighted by molar-refractivity contribution is 6.16. The quantitative estimate of drug-likeness (QED) is 0.870. The number of nitrogens with one attached hydrogen (secondary N) is 1. The minimum absolute atomic E-state index is 0.113. The molecule has 96 valence electrons. The van der Waals surface area contributed by atoms with Crippen molar-refractivity contribution in [3.63, 3.8) is 0 Å². The zero-order valence-corrected chi connectivity index (χ0v) is 10.9. The van der Waals surface area contributed by atoms with Gasteiger partial charge in [0.25, 0.3) is 0 Å². The first-order valence-electron chi connectivity index (χ1n) is 6.19. The Morgan fingerprint density at radius 1 is 1.22 bits per heavy atom. The average molecular weight is 246 g/mol. The van der Waals surface area contributed by atoms with E-state index in [2.05, 4.69) is 5.32 Å². The average Bonchev–Trinajstić information content (AvgIpc) is 2.31. The van der Waals surface area contributed by atoms with Crippen LogP contribution < -0.4 is 10.2 Å². The highest BCUT2D eigenvalue weighted by Gasteiger charge is 2.36. The number of carbonyl (C=O) groups is 2. The summed E-state index contributed by atoms with van der Waals surface area (Å²) in [6, 6.07) is 7.06. The second-order valence-corrected chi connectivity index (χ2v) is 5.05. The number of carbonyl (C=O) groups excluding carboxylic acids is 2. The molecule has 1 N–H and O–H groups in total. The zero-order valence-electron chi connectivity index (χ0n) is 10.9. The van der Waals surface area contributed by atoms with Gasteiger partial charge in [-0.15, -0.1) is 0 Å². The van der Waals surface area contributed by atoms with Crippen molar-refractivity contribution in [1.29, 1.82) is 0 Å². The van der Waals surface area contributed by atoms with Gasteiger partial charge in [-0.1, -0.05) is 31.5 Å². The summed E-state index contributed by atoms with van der Waals surface area (Å²) < 4.78 is 0. The summed E-state index contributed by atoms with van der Waals surface area (Å²) in [4.78, 5) is 25.4. The molecule has 1 saturated heterocycles. The van der Waals surface area contributed by atoms with E-state index in [-0.39, 0.29) is 23.8 Å². The molecule has 3 amide bonds. The molecular formula is C14H18N2O2. The molecule has 4 nitrogen and oxygen atoms in total. The van der Waals surface area contributed by atoms with Crippen LogP contribution in [0.2, 0.25) is 0 Å². The number of benzene rings is 1. The van der Waals surface area contributed by atoms with Gasteiger partial charge in [0.2, 0.25) is 5.91 Å². The Morgan fingerprint density at radius 3 is 2.39 bits per heavy atom. The number of hydrogen-bond donors (Lipinski definition) is 1. The maximum Gasteiger partial charge on any atom is 0.328 e. The lowest BCUT2D eigenvalue weighted by Crippen LogP contribution is -2.56. The molecule has 1 heterocycles. The van der Waals surface area contributed by atoms with Crippen LogP contribution in [0.25, 0.3) is 0 Å². The van der Waals surface area contributed by atoms with Crippen molar-refractivity contribution in [3.8, 4) is 0 Å². The third kappa shape index (κ3) is 2.23. The second-order valence-electron chi connectivity index (χ2n) is 5.05. The van der Waals surface area contributed by atoms with Crippen molar-refractivity contribution < 1.29 is 9.59 Å². The van der Waals surface area contributed by atoms with Crippen LogP contribution in [0.5, 0.6) is 0 Å². The Kier molecular flexibility index (Phi) is 3.36. The molecule has 0 bridgehead atoms. The number of nitrogens with zero attached hydrogens (tertiary/aromatic N) is 1. The van der Waals surface area contributed by atoms with Gasteiger partial charge in [0.05, 0.1) is 11.6 Å². The topological polar surface area (TPSA) is 49.4 Å². The van der Waals surface area contributed by atoms with Gasteiger partial charge in [-0.25, -0.2) is 9.69 Å². The molecule has 0 radical (unpaired) electrons. The lowest BCUT2D eigenvalue weighted by Gasteiger charge is -2.33. The smallest absolute Gasteiger partial charge is 0.328 e. The number of imide groups is 1. The van der Waals surface area contributed by atoms with Crippen molar-refractivity contribution >= 4 is 17.6 Å². The molecule has 1 aromatic carbocycles. The summed E-state index contributed by atoms with van der Waals surface area (Å²) in [5.41, 5.74) is 1.73. The van der Waals surface area contributed by atoms with Crippen LogP contribution in [0, 0.1) is 18.8 Å². The number of amides is 3. The summed E-state index contributed by atoms with van der Waals surface area (Å²) in [7, 11) is 0. The van der Waals surface area contributed by atoms with E-state index in [0.29, 0.717) is 12.2 Å². The summed E-state index contributed by atoms with van der Waals surface area (Å²) in [6.45, 7) is 6.39.